The number of nitrogens with zero attached hydrogens (tertiary/aromatic N) is 7. The van der Waals surface area contributed by atoms with Gasteiger partial charge in [0.2, 0.25) is 5.88 Å². The molecular weight excluding hydrogens is 410 g/mol. The molecule has 4 rings (SSSR count). The summed E-state index contributed by atoms with van der Waals surface area (Å²) >= 11 is 0. The van der Waals surface area contributed by atoms with Crippen molar-refractivity contribution in [1.82, 2.24) is 34.2 Å². The average molecular weight is 442 g/mol. The molecule has 1 saturated heterocycles. The lowest BCUT2D eigenvalue weighted by Gasteiger charge is -2.44. The first-order valence-electron chi connectivity index (χ1n) is 11.0. The number of carbonyl (C=O) groups is 1. The molecule has 0 aliphatic carbocycles. The molecule has 2 atom stereocenters. The Morgan fingerprint density at radius 2 is 2.06 bits per heavy atom. The van der Waals surface area contributed by atoms with Gasteiger partial charge in [-0.25, -0.2) is 14.8 Å². The van der Waals surface area contributed by atoms with Crippen LogP contribution in [0.3, 0.4) is 0 Å². The molecule has 10 heteroatoms. The number of rotatable bonds is 4. The Balaban J connectivity index is 1.65. The summed E-state index contributed by atoms with van der Waals surface area (Å²) in [6, 6.07) is 1.87. The largest absolute Gasteiger partial charge is 0.473 e. The maximum absolute atomic E-state index is 11.7. The summed E-state index contributed by atoms with van der Waals surface area (Å²) in [6.07, 6.45) is 1.64. The fraction of sp³-hybridized carbons (Fsp3) is 0.591. The Labute approximate surface area is 187 Å². The maximum Gasteiger partial charge on any atom is 0.407 e. The van der Waals surface area contributed by atoms with E-state index in [1.54, 1.807) is 0 Å². The number of hydrogen-bond acceptors (Lipinski definition) is 6. The summed E-state index contributed by atoms with van der Waals surface area (Å²) < 4.78 is 10.1. The van der Waals surface area contributed by atoms with Crippen LogP contribution in [0.2, 0.25) is 0 Å². The van der Waals surface area contributed by atoms with Crippen molar-refractivity contribution < 1.29 is 14.6 Å². The highest BCUT2D eigenvalue weighted by molar-refractivity contribution is 5.80. The van der Waals surface area contributed by atoms with E-state index in [9.17, 15) is 9.90 Å². The lowest BCUT2D eigenvalue weighted by molar-refractivity contribution is 0.0121. The predicted molar refractivity (Wildman–Crippen MR) is 120 cm³/mol. The van der Waals surface area contributed by atoms with E-state index in [0.29, 0.717) is 42.3 Å². The number of imidazole rings is 1. The molecule has 0 aromatic carbocycles. The summed E-state index contributed by atoms with van der Waals surface area (Å²) in [6.45, 7) is 11.5. The fourth-order valence-electron chi connectivity index (χ4n) is 4.48. The predicted octanol–water partition coefficient (Wildman–Crippen LogP) is 3.49. The Morgan fingerprint density at radius 3 is 2.69 bits per heavy atom. The molecule has 3 aromatic rings. The van der Waals surface area contributed by atoms with Crippen LogP contribution < -0.4 is 4.74 Å². The molecule has 0 spiro atoms. The van der Waals surface area contributed by atoms with Gasteiger partial charge in [0.25, 0.3) is 0 Å². The average Bonchev–Trinajstić information content (AvgIpc) is 3.27. The SMILES string of the molecule is CCn1nc(-c2nc3c(OC4CCN(C(=O)O)C(C(C)(C)C)C4)ncnc3n2C)cc1C. The molecule has 10 nitrogen and oxygen atoms in total. The third kappa shape index (κ3) is 3.89. The van der Waals surface area contributed by atoms with E-state index in [1.807, 2.05) is 29.3 Å². The second kappa shape index (κ2) is 8.07. The van der Waals surface area contributed by atoms with Gasteiger partial charge in [-0.3, -0.25) is 4.68 Å². The number of amides is 1. The van der Waals surface area contributed by atoms with Crippen molar-refractivity contribution in [2.24, 2.45) is 12.5 Å². The molecule has 2 unspecified atom stereocenters. The second-order valence-electron chi connectivity index (χ2n) is 9.45. The molecule has 172 valence electrons. The van der Waals surface area contributed by atoms with Crippen molar-refractivity contribution in [3.8, 4) is 17.4 Å². The van der Waals surface area contributed by atoms with Crippen LogP contribution in [0.4, 0.5) is 4.79 Å². The van der Waals surface area contributed by atoms with Crippen molar-refractivity contribution in [3.05, 3.63) is 18.1 Å². The van der Waals surface area contributed by atoms with Crippen LogP contribution in [-0.2, 0) is 13.6 Å². The maximum atomic E-state index is 11.7. The molecule has 1 aliphatic heterocycles. The van der Waals surface area contributed by atoms with Crippen molar-refractivity contribution in [2.75, 3.05) is 6.54 Å². The van der Waals surface area contributed by atoms with E-state index in [4.69, 9.17) is 9.72 Å². The lowest BCUT2D eigenvalue weighted by atomic mass is 9.80. The number of ether oxygens (including phenoxy) is 1. The number of aryl methyl sites for hydroxylation is 3. The first-order valence-corrected chi connectivity index (χ1v) is 11.0. The summed E-state index contributed by atoms with van der Waals surface area (Å²) in [5, 5.41) is 14.3. The van der Waals surface area contributed by atoms with Gasteiger partial charge in [-0.2, -0.15) is 10.1 Å². The van der Waals surface area contributed by atoms with Gasteiger partial charge in [0.05, 0.1) is 0 Å². The van der Waals surface area contributed by atoms with Gasteiger partial charge in [0, 0.05) is 44.7 Å². The summed E-state index contributed by atoms with van der Waals surface area (Å²) in [5.41, 5.74) is 2.90. The molecule has 4 heterocycles. The molecule has 1 aliphatic rings. The minimum atomic E-state index is -0.885. The molecule has 1 fully saturated rings. The third-order valence-corrected chi connectivity index (χ3v) is 6.21. The second-order valence-corrected chi connectivity index (χ2v) is 9.45. The van der Waals surface area contributed by atoms with E-state index >= 15 is 0 Å². The summed E-state index contributed by atoms with van der Waals surface area (Å²) in [4.78, 5) is 26.8. The molecule has 0 saturated carbocycles. The van der Waals surface area contributed by atoms with E-state index in [0.717, 1.165) is 17.9 Å². The number of likely N-dealkylation sites (tertiary alicyclic amines) is 1. The normalized spacial score (nSPS) is 19.5. The van der Waals surface area contributed by atoms with Gasteiger partial charge in [0.1, 0.15) is 18.1 Å². The molecule has 0 radical (unpaired) electrons. The van der Waals surface area contributed by atoms with Gasteiger partial charge in [0.15, 0.2) is 17.0 Å². The molecule has 3 aromatic heterocycles. The van der Waals surface area contributed by atoms with Crippen molar-refractivity contribution in [3.63, 3.8) is 0 Å². The first-order chi connectivity index (χ1) is 15.1. The quantitative estimate of drug-likeness (QED) is 0.660. The number of carboxylic acid groups (broad SMARTS) is 1. The van der Waals surface area contributed by atoms with E-state index < -0.39 is 6.09 Å². The zero-order chi connectivity index (χ0) is 23.2. The molecular formula is C22H31N7O3. The highest BCUT2D eigenvalue weighted by atomic mass is 16.5. The lowest BCUT2D eigenvalue weighted by Crippen LogP contribution is -2.53. The Hall–Kier alpha value is -3.17. The van der Waals surface area contributed by atoms with E-state index in [1.165, 1.54) is 11.2 Å². The first kappa shape index (κ1) is 22.0. The Kier molecular flexibility index (Phi) is 5.56. The zero-order valence-electron chi connectivity index (χ0n) is 19.5. The number of piperidine rings is 1. The van der Waals surface area contributed by atoms with E-state index in [-0.39, 0.29) is 17.6 Å². The van der Waals surface area contributed by atoms with Crippen LogP contribution in [0.25, 0.3) is 22.7 Å². The molecule has 1 amide bonds. The minimum Gasteiger partial charge on any atom is -0.473 e. The van der Waals surface area contributed by atoms with Gasteiger partial charge >= 0.3 is 6.09 Å². The van der Waals surface area contributed by atoms with Crippen LogP contribution in [0.1, 0.15) is 46.2 Å². The van der Waals surface area contributed by atoms with Crippen LogP contribution in [0.5, 0.6) is 5.88 Å². The molecule has 32 heavy (non-hydrogen) atoms. The number of aromatic nitrogens is 6. The molecule has 1 N–H and O–H groups in total. The highest BCUT2D eigenvalue weighted by Gasteiger charge is 2.39. The van der Waals surface area contributed by atoms with Crippen molar-refractivity contribution >= 4 is 17.3 Å². The highest BCUT2D eigenvalue weighted by Crippen LogP contribution is 2.34. The van der Waals surface area contributed by atoms with Gasteiger partial charge in [-0.05, 0) is 25.3 Å². The van der Waals surface area contributed by atoms with Crippen LogP contribution in [0.15, 0.2) is 12.4 Å². The Bertz CT molecular complexity index is 1140. The van der Waals surface area contributed by atoms with Crippen LogP contribution >= 0.6 is 0 Å². The Morgan fingerprint density at radius 1 is 1.31 bits per heavy atom. The monoisotopic (exact) mass is 441 g/mol. The standard InChI is InChI=1S/C22H31N7O3/c1-7-29-13(2)10-15(26-29)18-25-17-19(27(18)6)23-12-24-20(17)32-14-8-9-28(21(30)31)16(11-14)22(3,4)5/h10,12,14,16H,7-9,11H2,1-6H3,(H,30,31). The van der Waals surface area contributed by atoms with Crippen molar-refractivity contribution in [1.29, 1.82) is 0 Å². The topological polar surface area (TPSA) is 111 Å². The minimum absolute atomic E-state index is 0.142. The summed E-state index contributed by atoms with van der Waals surface area (Å²) in [7, 11) is 1.91. The van der Waals surface area contributed by atoms with Gasteiger partial charge < -0.3 is 19.3 Å². The van der Waals surface area contributed by atoms with Gasteiger partial charge in [-0.15, -0.1) is 0 Å². The smallest absolute Gasteiger partial charge is 0.407 e. The molecule has 0 bridgehead atoms. The fourth-order valence-corrected chi connectivity index (χ4v) is 4.48. The van der Waals surface area contributed by atoms with E-state index in [2.05, 4.69) is 42.8 Å². The third-order valence-electron chi connectivity index (χ3n) is 6.21. The number of fused-ring (bicyclic) bond motifs is 1. The summed E-state index contributed by atoms with van der Waals surface area (Å²) in [5.74, 6) is 1.12. The zero-order valence-corrected chi connectivity index (χ0v) is 19.5. The van der Waals surface area contributed by atoms with Crippen LogP contribution in [0, 0.1) is 12.3 Å². The van der Waals surface area contributed by atoms with Crippen LogP contribution in [-0.4, -0.2) is 64.1 Å². The van der Waals surface area contributed by atoms with Gasteiger partial charge in [-0.1, -0.05) is 20.8 Å². The number of hydrogen-bond donors (Lipinski definition) is 1. The van der Waals surface area contributed by atoms with Crippen molar-refractivity contribution in [2.45, 2.75) is 66.2 Å².